The van der Waals surface area contributed by atoms with Gasteiger partial charge in [-0.05, 0) is 35.9 Å². The van der Waals surface area contributed by atoms with E-state index in [-0.39, 0.29) is 6.79 Å². The van der Waals surface area contributed by atoms with E-state index in [2.05, 4.69) is 10.1 Å². The molecule has 0 saturated heterocycles. The van der Waals surface area contributed by atoms with E-state index in [9.17, 15) is 0 Å². The monoisotopic (exact) mass is 265 g/mol. The van der Waals surface area contributed by atoms with E-state index in [0.29, 0.717) is 0 Å². The van der Waals surface area contributed by atoms with Crippen LogP contribution in [-0.4, -0.2) is 22.7 Å². The Morgan fingerprint density at radius 1 is 1.10 bits per heavy atom. The number of benzene rings is 2. The molecule has 0 amide bonds. The minimum absolute atomic E-state index is 0.280. The van der Waals surface area contributed by atoms with Crippen molar-refractivity contribution < 1.29 is 9.47 Å². The van der Waals surface area contributed by atoms with Crippen molar-refractivity contribution in [3.8, 4) is 11.5 Å². The molecule has 1 aliphatic heterocycles. The summed E-state index contributed by atoms with van der Waals surface area (Å²) in [6, 6.07) is 13.6. The van der Waals surface area contributed by atoms with Crippen LogP contribution in [0.1, 0.15) is 5.56 Å². The highest BCUT2D eigenvalue weighted by Gasteiger charge is 2.12. The number of para-hydroxylation sites is 2. The Hall–Kier alpha value is -2.82. The fourth-order valence-electron chi connectivity index (χ4n) is 2.16. The molecule has 0 bridgehead atoms. The predicted molar refractivity (Wildman–Crippen MR) is 75.3 cm³/mol. The quantitative estimate of drug-likeness (QED) is 0.669. The summed E-state index contributed by atoms with van der Waals surface area (Å²) in [5, 5.41) is 4.42. The molecule has 2 heterocycles. The van der Waals surface area contributed by atoms with E-state index in [0.717, 1.165) is 28.1 Å². The van der Waals surface area contributed by atoms with Crippen LogP contribution < -0.4 is 9.47 Å². The lowest BCUT2D eigenvalue weighted by atomic mass is 10.2. The Kier molecular flexibility index (Phi) is 2.42. The molecule has 1 aromatic heterocycles. The highest BCUT2D eigenvalue weighted by Crippen LogP contribution is 2.32. The zero-order chi connectivity index (χ0) is 13.4. The zero-order valence-corrected chi connectivity index (χ0v) is 10.6. The molecule has 0 saturated carbocycles. The van der Waals surface area contributed by atoms with Gasteiger partial charge in [-0.15, -0.1) is 0 Å². The Bertz CT molecular complexity index is 808. The van der Waals surface area contributed by atoms with Crippen LogP contribution in [0.4, 0.5) is 0 Å². The molecule has 0 unspecified atom stereocenters. The lowest BCUT2D eigenvalue weighted by Crippen LogP contribution is -1.93. The smallest absolute Gasteiger partial charge is 0.231 e. The molecular formula is C15H11N3O2. The van der Waals surface area contributed by atoms with Crippen molar-refractivity contribution in [3.63, 3.8) is 0 Å². The van der Waals surface area contributed by atoms with E-state index in [1.165, 1.54) is 0 Å². The van der Waals surface area contributed by atoms with Gasteiger partial charge in [0, 0.05) is 0 Å². The number of ether oxygens (including phenoxy) is 2. The van der Waals surface area contributed by atoms with Gasteiger partial charge in [0.25, 0.3) is 0 Å². The van der Waals surface area contributed by atoms with Gasteiger partial charge in [0.1, 0.15) is 6.33 Å². The lowest BCUT2D eigenvalue weighted by molar-refractivity contribution is 0.174. The Labute approximate surface area is 115 Å². The molecule has 98 valence electrons. The Morgan fingerprint density at radius 2 is 2.00 bits per heavy atom. The zero-order valence-electron chi connectivity index (χ0n) is 10.6. The molecule has 0 aliphatic carbocycles. The second-order valence-corrected chi connectivity index (χ2v) is 4.44. The van der Waals surface area contributed by atoms with Crippen LogP contribution in [-0.2, 0) is 0 Å². The van der Waals surface area contributed by atoms with Crippen LogP contribution in [0, 0.1) is 0 Å². The number of nitrogens with zero attached hydrogens (tertiary/aromatic N) is 3. The molecule has 20 heavy (non-hydrogen) atoms. The van der Waals surface area contributed by atoms with Gasteiger partial charge in [0.15, 0.2) is 11.5 Å². The number of imidazole rings is 1. The van der Waals surface area contributed by atoms with E-state index < -0.39 is 0 Å². The molecule has 5 nitrogen and oxygen atoms in total. The second kappa shape index (κ2) is 4.38. The maximum Gasteiger partial charge on any atom is 0.231 e. The van der Waals surface area contributed by atoms with Crippen LogP contribution in [0.15, 0.2) is 53.9 Å². The number of aromatic nitrogens is 2. The Morgan fingerprint density at radius 3 is 3.00 bits per heavy atom. The Balaban J connectivity index is 1.68. The summed E-state index contributed by atoms with van der Waals surface area (Å²) in [6.07, 6.45) is 3.48. The molecule has 1 aliphatic rings. The number of hydrogen-bond acceptors (Lipinski definition) is 4. The van der Waals surface area contributed by atoms with Crippen molar-refractivity contribution in [2.24, 2.45) is 5.10 Å². The maximum absolute atomic E-state index is 5.34. The summed E-state index contributed by atoms with van der Waals surface area (Å²) in [4.78, 5) is 4.29. The SMILES string of the molecule is C(=N\n1cnc2ccccc21)/c1ccc2c(c1)OCO2. The van der Waals surface area contributed by atoms with E-state index in [4.69, 9.17) is 9.47 Å². The minimum atomic E-state index is 0.280. The third kappa shape index (κ3) is 1.80. The molecule has 0 N–H and O–H groups in total. The topological polar surface area (TPSA) is 48.6 Å². The van der Waals surface area contributed by atoms with Crippen molar-refractivity contribution in [2.75, 3.05) is 6.79 Å². The second-order valence-electron chi connectivity index (χ2n) is 4.44. The van der Waals surface area contributed by atoms with Crippen LogP contribution in [0.2, 0.25) is 0 Å². The summed E-state index contributed by atoms with van der Waals surface area (Å²) in [5.41, 5.74) is 2.85. The summed E-state index contributed by atoms with van der Waals surface area (Å²) in [7, 11) is 0. The van der Waals surface area contributed by atoms with Gasteiger partial charge in [0.2, 0.25) is 6.79 Å². The summed E-state index contributed by atoms with van der Waals surface area (Å²) < 4.78 is 12.4. The molecule has 0 atom stereocenters. The average Bonchev–Trinajstić information content (AvgIpc) is 3.11. The van der Waals surface area contributed by atoms with Gasteiger partial charge in [-0.2, -0.15) is 5.10 Å². The van der Waals surface area contributed by atoms with Gasteiger partial charge < -0.3 is 9.47 Å². The first-order valence-corrected chi connectivity index (χ1v) is 6.26. The summed E-state index contributed by atoms with van der Waals surface area (Å²) >= 11 is 0. The van der Waals surface area contributed by atoms with Gasteiger partial charge >= 0.3 is 0 Å². The third-order valence-electron chi connectivity index (χ3n) is 3.16. The van der Waals surface area contributed by atoms with Gasteiger partial charge in [-0.25, -0.2) is 9.66 Å². The van der Waals surface area contributed by atoms with E-state index in [1.54, 1.807) is 17.2 Å². The fraction of sp³-hybridized carbons (Fsp3) is 0.0667. The van der Waals surface area contributed by atoms with Gasteiger partial charge in [-0.1, -0.05) is 12.1 Å². The van der Waals surface area contributed by atoms with E-state index >= 15 is 0 Å². The molecule has 0 fully saturated rings. The minimum Gasteiger partial charge on any atom is -0.454 e. The standard InChI is InChI=1S/C15H11N3O2/c1-2-4-13-12(3-1)16-9-18(13)17-8-11-5-6-14-15(7-11)20-10-19-14/h1-9H,10H2/b17-8+. The first-order valence-electron chi connectivity index (χ1n) is 6.26. The van der Waals surface area contributed by atoms with Crippen molar-refractivity contribution in [3.05, 3.63) is 54.4 Å². The number of fused-ring (bicyclic) bond motifs is 2. The molecule has 4 rings (SSSR count). The number of hydrogen-bond donors (Lipinski definition) is 0. The van der Waals surface area contributed by atoms with Crippen LogP contribution in [0.5, 0.6) is 11.5 Å². The van der Waals surface area contributed by atoms with Gasteiger partial charge in [-0.3, -0.25) is 0 Å². The first kappa shape index (κ1) is 11.0. The van der Waals surface area contributed by atoms with Crippen LogP contribution in [0.3, 0.4) is 0 Å². The number of rotatable bonds is 2. The lowest BCUT2D eigenvalue weighted by Gasteiger charge is -1.98. The molecule has 0 radical (unpaired) electrons. The largest absolute Gasteiger partial charge is 0.454 e. The van der Waals surface area contributed by atoms with Gasteiger partial charge in [0.05, 0.1) is 17.2 Å². The van der Waals surface area contributed by atoms with Crippen LogP contribution in [0.25, 0.3) is 11.0 Å². The third-order valence-corrected chi connectivity index (χ3v) is 3.16. The average molecular weight is 265 g/mol. The van der Waals surface area contributed by atoms with Crippen molar-refractivity contribution in [1.29, 1.82) is 0 Å². The highest BCUT2D eigenvalue weighted by atomic mass is 16.7. The summed E-state index contributed by atoms with van der Waals surface area (Å²) in [6.45, 7) is 0.280. The first-order chi connectivity index (χ1) is 9.90. The van der Waals surface area contributed by atoms with Crippen molar-refractivity contribution >= 4 is 17.2 Å². The highest BCUT2D eigenvalue weighted by molar-refractivity contribution is 5.82. The molecule has 2 aromatic carbocycles. The van der Waals surface area contributed by atoms with Crippen molar-refractivity contribution in [1.82, 2.24) is 9.66 Å². The molecule has 0 spiro atoms. The van der Waals surface area contributed by atoms with E-state index in [1.807, 2.05) is 42.5 Å². The summed E-state index contributed by atoms with van der Waals surface area (Å²) in [5.74, 6) is 1.53. The molecule has 3 aromatic rings. The predicted octanol–water partition coefficient (Wildman–Crippen LogP) is 2.65. The fourth-order valence-corrected chi connectivity index (χ4v) is 2.16. The van der Waals surface area contributed by atoms with Crippen LogP contribution >= 0.6 is 0 Å². The normalized spacial score (nSPS) is 13.4. The molecule has 5 heteroatoms. The molecular weight excluding hydrogens is 254 g/mol. The maximum atomic E-state index is 5.34. The van der Waals surface area contributed by atoms with Crippen molar-refractivity contribution in [2.45, 2.75) is 0 Å².